The summed E-state index contributed by atoms with van der Waals surface area (Å²) in [5.41, 5.74) is 7.38. The van der Waals surface area contributed by atoms with Crippen molar-refractivity contribution in [3.63, 3.8) is 0 Å². The fourth-order valence-electron chi connectivity index (χ4n) is 9.98. The minimum Gasteiger partial charge on any atom is -0.214 e. The van der Waals surface area contributed by atoms with Crippen LogP contribution in [0.15, 0.2) is 133 Å². The molecule has 4 fully saturated rings. The van der Waals surface area contributed by atoms with E-state index < -0.39 is 7.92 Å². The largest absolute Gasteiger partial charge is 2.00 e. The van der Waals surface area contributed by atoms with Gasteiger partial charge in [0.25, 0.3) is 0 Å². The molecule has 5 aromatic carbocycles. The minimum atomic E-state index is -0.639. The van der Waals surface area contributed by atoms with Gasteiger partial charge in [-0.15, -0.1) is 25.1 Å². The quantitative estimate of drug-likeness (QED) is 0.0862. The molecule has 0 heterocycles. The number of hydrogen-bond acceptors (Lipinski definition) is 0. The maximum absolute atomic E-state index is 2.67. The summed E-state index contributed by atoms with van der Waals surface area (Å²) < 4.78 is 0. The van der Waals surface area contributed by atoms with Crippen molar-refractivity contribution in [2.45, 2.75) is 75.3 Å². The van der Waals surface area contributed by atoms with Crippen molar-refractivity contribution >= 4 is 31.8 Å². The number of hydrogen-bond donors (Lipinski definition) is 0. The molecule has 0 spiro atoms. The molecule has 0 aromatic heterocycles. The molecule has 0 saturated heterocycles. The van der Waals surface area contributed by atoms with Crippen LogP contribution in [0.2, 0.25) is 0 Å². The summed E-state index contributed by atoms with van der Waals surface area (Å²) in [5.74, 6) is 4.15. The van der Waals surface area contributed by atoms with Crippen LogP contribution in [0, 0.1) is 23.7 Å². The van der Waals surface area contributed by atoms with E-state index in [4.69, 9.17) is 0 Å². The Hall–Kier alpha value is -2.26. The fraction of sp³-hybridized carbons (Fsp3) is 0.364. The van der Waals surface area contributed by atoms with E-state index in [0.717, 1.165) is 35.0 Å². The average Bonchev–Trinajstić information content (AvgIpc) is 3.97. The van der Waals surface area contributed by atoms with Gasteiger partial charge in [-0.2, -0.15) is 30.3 Å². The van der Waals surface area contributed by atoms with Crippen molar-refractivity contribution < 1.29 is 17.1 Å². The van der Waals surface area contributed by atoms with Crippen LogP contribution in [0.4, 0.5) is 0 Å². The van der Waals surface area contributed by atoms with Crippen molar-refractivity contribution in [1.82, 2.24) is 0 Å². The second-order valence-corrected chi connectivity index (χ2v) is 19.7. The molecule has 6 unspecified atom stereocenters. The predicted molar refractivity (Wildman–Crippen MR) is 202 cm³/mol. The van der Waals surface area contributed by atoms with Crippen LogP contribution in [-0.2, 0) is 17.1 Å². The van der Waals surface area contributed by atoms with Crippen LogP contribution in [0.1, 0.15) is 69.5 Å². The summed E-state index contributed by atoms with van der Waals surface area (Å²) in [6.45, 7) is 2.67. The third-order valence-corrected chi connectivity index (χ3v) is 18.4. The topological polar surface area (TPSA) is 0 Å². The van der Waals surface area contributed by atoms with Crippen molar-refractivity contribution in [2.24, 2.45) is 23.7 Å². The van der Waals surface area contributed by atoms with Crippen LogP contribution in [0.5, 0.6) is 0 Å². The molecule has 0 aliphatic heterocycles. The van der Waals surface area contributed by atoms with Crippen LogP contribution < -0.4 is 15.9 Å². The van der Waals surface area contributed by atoms with Crippen LogP contribution >= 0.6 is 15.8 Å². The first-order chi connectivity index (χ1) is 22.7. The summed E-state index contributed by atoms with van der Waals surface area (Å²) in [5, 5.41) is 4.38. The van der Waals surface area contributed by atoms with Gasteiger partial charge < -0.3 is 0 Å². The zero-order chi connectivity index (χ0) is 30.9. The molecule has 3 heteroatoms. The maximum atomic E-state index is 2.67. The Morgan fingerprint density at radius 3 is 1.66 bits per heavy atom. The molecular weight excluding hydrogens is 646 g/mol. The van der Waals surface area contributed by atoms with Gasteiger partial charge in [-0.3, -0.25) is 0 Å². The summed E-state index contributed by atoms with van der Waals surface area (Å²) in [6, 6.07) is 49.3. The molecule has 0 radical (unpaired) electrons. The Morgan fingerprint density at radius 1 is 0.617 bits per heavy atom. The summed E-state index contributed by atoms with van der Waals surface area (Å²) in [7, 11) is -0.657. The third-order valence-electron chi connectivity index (χ3n) is 11.9. The average molecular weight is 695 g/mol. The zero-order valence-corrected chi connectivity index (χ0v) is 30.5. The monoisotopic (exact) mass is 694 g/mol. The molecular formula is C44H48FeP2. The first-order valence-electron chi connectivity index (χ1n) is 17.9. The van der Waals surface area contributed by atoms with E-state index in [9.17, 15) is 0 Å². The molecule has 242 valence electrons. The minimum absolute atomic E-state index is 0. The maximum Gasteiger partial charge on any atom is 2.00 e. The molecule has 0 amide bonds. The van der Waals surface area contributed by atoms with Gasteiger partial charge in [0.15, 0.2) is 0 Å². The van der Waals surface area contributed by atoms with Crippen molar-refractivity contribution in [3.05, 3.63) is 139 Å². The number of benzene rings is 3. The van der Waals surface area contributed by atoms with E-state index in [0.29, 0.717) is 5.66 Å². The van der Waals surface area contributed by atoms with Gasteiger partial charge in [0.1, 0.15) is 0 Å². The number of rotatable bonds is 8. The van der Waals surface area contributed by atoms with Gasteiger partial charge >= 0.3 is 17.1 Å². The molecule has 0 N–H and O–H groups in total. The van der Waals surface area contributed by atoms with Crippen LogP contribution in [0.3, 0.4) is 0 Å². The Balaban J connectivity index is 0.000000538. The van der Waals surface area contributed by atoms with Gasteiger partial charge in [-0.1, -0.05) is 110 Å². The van der Waals surface area contributed by atoms with Crippen LogP contribution in [0.25, 0.3) is 11.1 Å². The van der Waals surface area contributed by atoms with E-state index in [-0.39, 0.29) is 25.0 Å². The van der Waals surface area contributed by atoms with Gasteiger partial charge in [0, 0.05) is 0 Å². The smallest absolute Gasteiger partial charge is 0.214 e. The Kier molecular flexibility index (Phi) is 10.7. The normalized spacial score (nSPS) is 26.9. The van der Waals surface area contributed by atoms with Gasteiger partial charge in [0.2, 0.25) is 0 Å². The first-order valence-corrected chi connectivity index (χ1v) is 20.8. The van der Waals surface area contributed by atoms with Gasteiger partial charge in [-0.05, 0) is 103 Å². The summed E-state index contributed by atoms with van der Waals surface area (Å²) in [4.78, 5) is 0. The zero-order valence-electron chi connectivity index (χ0n) is 27.6. The molecule has 9 rings (SSSR count). The van der Waals surface area contributed by atoms with Crippen molar-refractivity contribution in [3.8, 4) is 11.1 Å². The first kappa shape index (κ1) is 33.2. The second-order valence-electron chi connectivity index (χ2n) is 14.5. The molecule has 4 bridgehead atoms. The standard InChI is InChI=1S/C39H43P2.C5H5.Fe/c1-27(40(38-25-28-19-21-30(38)23-28)39-26-29-20-22-31(39)24-29)34-16-10-17-35(34)36-15-8-9-18-37(36)41(32-11-4-2-5-12-32)33-13-6-3-7-14-33;1-2-4-5-3-1;/h2-18,27-31,38-39H,19-26H2,1H3;1-5H;/q2*-1;+2/t27-,28?,29?,30+,31?,38?,39?,40?;;/m0../s1. The van der Waals surface area contributed by atoms with E-state index in [1.807, 2.05) is 30.3 Å². The molecule has 4 aliphatic carbocycles. The van der Waals surface area contributed by atoms with Crippen molar-refractivity contribution in [1.29, 1.82) is 0 Å². The van der Waals surface area contributed by atoms with Crippen molar-refractivity contribution in [2.75, 3.05) is 0 Å². The van der Waals surface area contributed by atoms with E-state index in [1.54, 1.807) is 31.2 Å². The second kappa shape index (κ2) is 15.1. The van der Waals surface area contributed by atoms with Crippen LogP contribution in [-0.4, -0.2) is 11.3 Å². The molecule has 0 nitrogen and oxygen atoms in total. The Labute approximate surface area is 296 Å². The number of fused-ring (bicyclic) bond motifs is 4. The fourth-order valence-corrected chi connectivity index (χ4v) is 17.2. The van der Waals surface area contributed by atoms with E-state index in [1.165, 1.54) is 52.7 Å². The van der Waals surface area contributed by atoms with E-state index >= 15 is 0 Å². The van der Waals surface area contributed by atoms with E-state index in [2.05, 4.69) is 110 Å². The third kappa shape index (κ3) is 6.82. The summed E-state index contributed by atoms with van der Waals surface area (Å²) >= 11 is 0. The van der Waals surface area contributed by atoms with Gasteiger partial charge in [0.05, 0.1) is 0 Å². The summed E-state index contributed by atoms with van der Waals surface area (Å²) in [6.07, 6.45) is 12.3. The predicted octanol–water partition coefficient (Wildman–Crippen LogP) is 11.2. The molecule has 4 aliphatic rings. The molecule has 4 saturated carbocycles. The molecule has 47 heavy (non-hydrogen) atoms. The SMILES string of the molecule is C[C@@H]([c-]1cccc1-c1ccccc1P(c1ccccc1)c1ccccc1)P(C1CC2CCC1C2)C1CC2CC[C@@H]1C2.[Fe+2].c1cc[cH-]c1. The Morgan fingerprint density at radius 2 is 1.17 bits per heavy atom. The molecule has 8 atom stereocenters. The van der Waals surface area contributed by atoms with Gasteiger partial charge in [-0.25, -0.2) is 12.1 Å². The Bertz CT molecular complexity index is 1590. The molecule has 5 aromatic rings.